The molecular formula is C24H39NO3. The number of nitrogens with zero attached hydrogens (tertiary/aromatic N) is 1. The number of aliphatic carboxylic acids is 1. The molecule has 0 aromatic heterocycles. The Kier molecular flexibility index (Phi) is 13.1. The van der Waals surface area contributed by atoms with Crippen molar-refractivity contribution < 1.29 is 14.7 Å². The smallest absolute Gasteiger partial charge is 0.303 e. The van der Waals surface area contributed by atoms with Crippen molar-refractivity contribution in [2.24, 2.45) is 0 Å². The third kappa shape index (κ3) is 10.5. The van der Waals surface area contributed by atoms with E-state index in [0.29, 0.717) is 0 Å². The first kappa shape index (κ1) is 24.2. The van der Waals surface area contributed by atoms with Gasteiger partial charge in [0.15, 0.2) is 0 Å². The molecule has 0 spiro atoms. The van der Waals surface area contributed by atoms with Crippen molar-refractivity contribution in [1.82, 2.24) is 4.90 Å². The molecule has 0 bridgehead atoms. The van der Waals surface area contributed by atoms with Crippen LogP contribution in [0.3, 0.4) is 0 Å². The summed E-state index contributed by atoms with van der Waals surface area (Å²) in [5.41, 5.74) is 1.22. The summed E-state index contributed by atoms with van der Waals surface area (Å²) in [4.78, 5) is 25.0. The van der Waals surface area contributed by atoms with Gasteiger partial charge in [0.05, 0.1) is 6.04 Å². The lowest BCUT2D eigenvalue weighted by molar-refractivity contribution is -0.137. The van der Waals surface area contributed by atoms with Crippen LogP contribution in [0.5, 0.6) is 0 Å². The zero-order chi connectivity index (χ0) is 20.6. The Morgan fingerprint density at radius 3 is 2.14 bits per heavy atom. The summed E-state index contributed by atoms with van der Waals surface area (Å²) in [5, 5.41) is 8.73. The SMILES string of the molecule is CCCCCCCCC(c1ccccc1)N(CCCCCCC(=O)O)C(C)=O. The maximum absolute atomic E-state index is 12.4. The molecule has 0 aliphatic heterocycles. The van der Waals surface area contributed by atoms with E-state index in [1.165, 1.54) is 37.7 Å². The lowest BCUT2D eigenvalue weighted by Gasteiger charge is -2.32. The van der Waals surface area contributed by atoms with Gasteiger partial charge in [0.1, 0.15) is 0 Å². The standard InChI is InChI=1S/C24H39NO3/c1-3-4-5-6-7-13-18-23(22-16-11-10-12-17-22)25(21(2)26)20-15-9-8-14-19-24(27)28/h10-12,16-17,23H,3-9,13-15,18-20H2,1-2H3,(H,27,28). The van der Waals surface area contributed by atoms with Crippen LogP contribution in [-0.2, 0) is 9.59 Å². The van der Waals surface area contributed by atoms with Crippen LogP contribution >= 0.6 is 0 Å². The summed E-state index contributed by atoms with van der Waals surface area (Å²) >= 11 is 0. The van der Waals surface area contributed by atoms with Gasteiger partial charge in [-0.15, -0.1) is 0 Å². The number of unbranched alkanes of at least 4 members (excludes halogenated alkanes) is 8. The molecule has 1 aromatic carbocycles. The van der Waals surface area contributed by atoms with Crippen molar-refractivity contribution in [2.75, 3.05) is 6.54 Å². The quantitative estimate of drug-likeness (QED) is 0.335. The van der Waals surface area contributed by atoms with E-state index >= 15 is 0 Å². The average molecular weight is 390 g/mol. The highest BCUT2D eigenvalue weighted by molar-refractivity contribution is 5.73. The largest absolute Gasteiger partial charge is 0.481 e. The van der Waals surface area contributed by atoms with E-state index in [1.807, 2.05) is 23.1 Å². The molecule has 0 saturated carbocycles. The van der Waals surface area contributed by atoms with Crippen molar-refractivity contribution in [1.29, 1.82) is 0 Å². The van der Waals surface area contributed by atoms with Crippen molar-refractivity contribution in [3.8, 4) is 0 Å². The highest BCUT2D eigenvalue weighted by Gasteiger charge is 2.22. The molecule has 0 aliphatic rings. The van der Waals surface area contributed by atoms with E-state index in [4.69, 9.17) is 5.11 Å². The van der Waals surface area contributed by atoms with Gasteiger partial charge in [0.25, 0.3) is 0 Å². The van der Waals surface area contributed by atoms with Crippen LogP contribution in [0.4, 0.5) is 0 Å². The lowest BCUT2D eigenvalue weighted by atomic mass is 9.97. The van der Waals surface area contributed by atoms with Gasteiger partial charge in [0.2, 0.25) is 5.91 Å². The zero-order valence-corrected chi connectivity index (χ0v) is 17.9. The molecular weight excluding hydrogens is 350 g/mol. The average Bonchev–Trinajstić information content (AvgIpc) is 2.68. The fourth-order valence-electron chi connectivity index (χ4n) is 3.74. The molecule has 1 atom stereocenters. The third-order valence-corrected chi connectivity index (χ3v) is 5.34. The number of carboxylic acids is 1. The third-order valence-electron chi connectivity index (χ3n) is 5.34. The number of carboxylic acid groups (broad SMARTS) is 1. The predicted molar refractivity (Wildman–Crippen MR) is 115 cm³/mol. The second-order valence-corrected chi connectivity index (χ2v) is 7.75. The molecule has 0 fully saturated rings. The molecule has 158 valence electrons. The van der Waals surface area contributed by atoms with Crippen LogP contribution in [0.25, 0.3) is 0 Å². The lowest BCUT2D eigenvalue weighted by Crippen LogP contribution is -2.34. The highest BCUT2D eigenvalue weighted by Crippen LogP contribution is 2.28. The molecule has 0 aliphatic carbocycles. The van der Waals surface area contributed by atoms with Crippen LogP contribution in [0.2, 0.25) is 0 Å². The van der Waals surface area contributed by atoms with Gasteiger partial charge < -0.3 is 10.0 Å². The van der Waals surface area contributed by atoms with Crippen LogP contribution < -0.4 is 0 Å². The summed E-state index contributed by atoms with van der Waals surface area (Å²) < 4.78 is 0. The van der Waals surface area contributed by atoms with E-state index in [1.54, 1.807) is 6.92 Å². The van der Waals surface area contributed by atoms with Gasteiger partial charge in [-0.25, -0.2) is 0 Å². The Morgan fingerprint density at radius 1 is 0.893 bits per heavy atom. The molecule has 1 amide bonds. The van der Waals surface area contributed by atoms with Crippen molar-refractivity contribution in [2.45, 2.75) is 96.9 Å². The molecule has 28 heavy (non-hydrogen) atoms. The molecule has 0 radical (unpaired) electrons. The molecule has 0 heterocycles. The molecule has 1 unspecified atom stereocenters. The number of hydrogen-bond donors (Lipinski definition) is 1. The molecule has 1 rings (SSSR count). The van der Waals surface area contributed by atoms with Crippen LogP contribution in [0, 0.1) is 0 Å². The van der Waals surface area contributed by atoms with Gasteiger partial charge in [-0.1, -0.05) is 88.6 Å². The second kappa shape index (κ2) is 15.1. The van der Waals surface area contributed by atoms with E-state index in [2.05, 4.69) is 19.1 Å². The zero-order valence-electron chi connectivity index (χ0n) is 17.9. The van der Waals surface area contributed by atoms with Crippen molar-refractivity contribution >= 4 is 11.9 Å². The minimum Gasteiger partial charge on any atom is -0.481 e. The number of carbonyl (C=O) groups excluding carboxylic acids is 1. The van der Waals surface area contributed by atoms with E-state index in [-0.39, 0.29) is 18.4 Å². The van der Waals surface area contributed by atoms with Crippen LogP contribution in [0.15, 0.2) is 30.3 Å². The summed E-state index contributed by atoms with van der Waals surface area (Å²) in [7, 11) is 0. The molecule has 4 heteroatoms. The van der Waals surface area contributed by atoms with Crippen molar-refractivity contribution in [3.05, 3.63) is 35.9 Å². The summed E-state index contributed by atoms with van der Waals surface area (Å²) in [6.45, 7) is 4.65. The first-order valence-electron chi connectivity index (χ1n) is 11.1. The number of amides is 1. The topological polar surface area (TPSA) is 57.6 Å². The number of hydrogen-bond acceptors (Lipinski definition) is 2. The predicted octanol–water partition coefficient (Wildman–Crippen LogP) is 6.36. The second-order valence-electron chi connectivity index (χ2n) is 7.75. The first-order chi connectivity index (χ1) is 13.6. The highest BCUT2D eigenvalue weighted by atomic mass is 16.4. The Labute approximate surface area is 171 Å². The summed E-state index contributed by atoms with van der Waals surface area (Å²) in [6, 6.07) is 10.5. The normalized spacial score (nSPS) is 11.9. The van der Waals surface area contributed by atoms with Crippen LogP contribution in [-0.4, -0.2) is 28.4 Å². The summed E-state index contributed by atoms with van der Waals surface area (Å²) in [5.74, 6) is -0.598. The number of rotatable bonds is 16. The van der Waals surface area contributed by atoms with E-state index < -0.39 is 5.97 Å². The Hall–Kier alpha value is -1.84. The molecule has 1 N–H and O–H groups in total. The number of benzene rings is 1. The molecule has 1 aromatic rings. The molecule has 4 nitrogen and oxygen atoms in total. The molecule has 0 saturated heterocycles. The maximum atomic E-state index is 12.4. The summed E-state index contributed by atoms with van der Waals surface area (Å²) in [6.07, 6.45) is 12.3. The van der Waals surface area contributed by atoms with Crippen LogP contribution in [0.1, 0.15) is 103 Å². The van der Waals surface area contributed by atoms with Crippen molar-refractivity contribution in [3.63, 3.8) is 0 Å². The first-order valence-corrected chi connectivity index (χ1v) is 11.1. The fourth-order valence-corrected chi connectivity index (χ4v) is 3.74. The fraction of sp³-hybridized carbons (Fsp3) is 0.667. The maximum Gasteiger partial charge on any atom is 0.303 e. The van der Waals surface area contributed by atoms with Gasteiger partial charge >= 0.3 is 5.97 Å². The Bertz CT molecular complexity index is 544. The minimum atomic E-state index is -0.728. The number of carbonyl (C=O) groups is 2. The van der Waals surface area contributed by atoms with Gasteiger partial charge in [-0.3, -0.25) is 9.59 Å². The van der Waals surface area contributed by atoms with Gasteiger partial charge in [0, 0.05) is 19.9 Å². The van der Waals surface area contributed by atoms with Gasteiger partial charge in [-0.05, 0) is 24.8 Å². The minimum absolute atomic E-state index is 0.130. The Morgan fingerprint density at radius 2 is 1.50 bits per heavy atom. The monoisotopic (exact) mass is 389 g/mol. The van der Waals surface area contributed by atoms with E-state index in [9.17, 15) is 9.59 Å². The van der Waals surface area contributed by atoms with Gasteiger partial charge in [-0.2, -0.15) is 0 Å². The Balaban J connectivity index is 2.58. The van der Waals surface area contributed by atoms with E-state index in [0.717, 1.165) is 45.1 Å².